The molecule has 2 aromatic carbocycles. The van der Waals surface area contributed by atoms with Gasteiger partial charge in [0.1, 0.15) is 11.3 Å². The summed E-state index contributed by atoms with van der Waals surface area (Å²) in [5, 5.41) is 3.32. The van der Waals surface area contributed by atoms with Gasteiger partial charge in [-0.2, -0.15) is 0 Å². The Labute approximate surface area is 144 Å². The molecule has 0 bridgehead atoms. The molecule has 1 N–H and O–H groups in total. The van der Waals surface area contributed by atoms with Gasteiger partial charge >= 0.3 is 0 Å². The van der Waals surface area contributed by atoms with Gasteiger partial charge in [-0.1, -0.05) is 31.2 Å². The van der Waals surface area contributed by atoms with Crippen molar-refractivity contribution in [1.29, 1.82) is 0 Å². The molecule has 5 nitrogen and oxygen atoms in total. The first-order valence-corrected chi connectivity index (χ1v) is 8.28. The van der Waals surface area contributed by atoms with Gasteiger partial charge < -0.3 is 14.5 Å². The molecule has 1 atom stereocenters. The van der Waals surface area contributed by atoms with E-state index < -0.39 is 6.04 Å². The van der Waals surface area contributed by atoms with Gasteiger partial charge in [0.05, 0.1) is 23.6 Å². The van der Waals surface area contributed by atoms with Crippen molar-refractivity contribution in [2.24, 2.45) is 0 Å². The molecule has 0 spiro atoms. The van der Waals surface area contributed by atoms with Crippen LogP contribution in [0.4, 0.5) is 0 Å². The van der Waals surface area contributed by atoms with Gasteiger partial charge in [-0.05, 0) is 36.2 Å². The number of carbonyl (C=O) groups is 1. The van der Waals surface area contributed by atoms with Crippen molar-refractivity contribution in [2.45, 2.75) is 19.4 Å². The van der Waals surface area contributed by atoms with E-state index in [-0.39, 0.29) is 17.1 Å². The first-order chi connectivity index (χ1) is 12.2. The first-order valence-electron chi connectivity index (χ1n) is 8.28. The van der Waals surface area contributed by atoms with Crippen molar-refractivity contribution in [3.63, 3.8) is 0 Å². The first kappa shape index (κ1) is 15.4. The molecular formula is C20H17NO4. The highest BCUT2D eigenvalue weighted by molar-refractivity contribution is 5.98. The van der Waals surface area contributed by atoms with E-state index in [9.17, 15) is 9.59 Å². The summed E-state index contributed by atoms with van der Waals surface area (Å²) in [6, 6.07) is 13.9. The smallest absolute Gasteiger partial charge is 0.288 e. The van der Waals surface area contributed by atoms with Crippen LogP contribution in [0.15, 0.2) is 57.7 Å². The highest BCUT2D eigenvalue weighted by Crippen LogP contribution is 2.32. The van der Waals surface area contributed by atoms with Crippen LogP contribution in [0.25, 0.3) is 11.0 Å². The predicted octanol–water partition coefficient (Wildman–Crippen LogP) is 3.41. The average Bonchev–Trinajstić information content (AvgIpc) is 2.97. The minimum atomic E-state index is -0.534. The molecule has 2 heterocycles. The Morgan fingerprint density at radius 1 is 1.12 bits per heavy atom. The third-order valence-corrected chi connectivity index (χ3v) is 4.27. The SMILES string of the molecule is CCCOc1cccc(C2NC(=O)c3oc4ccccc4c(=O)c32)c1. The molecule has 5 heteroatoms. The number of para-hydroxylation sites is 1. The van der Waals surface area contributed by atoms with Crippen LogP contribution in [-0.4, -0.2) is 12.5 Å². The molecule has 0 saturated carbocycles. The largest absolute Gasteiger partial charge is 0.494 e. The van der Waals surface area contributed by atoms with Crippen LogP contribution in [0.3, 0.4) is 0 Å². The molecule has 0 fully saturated rings. The normalized spacial score (nSPS) is 15.9. The van der Waals surface area contributed by atoms with E-state index in [1.165, 1.54) is 0 Å². The van der Waals surface area contributed by atoms with E-state index in [0.29, 0.717) is 28.9 Å². The molecule has 126 valence electrons. The minimum Gasteiger partial charge on any atom is -0.494 e. The fourth-order valence-corrected chi connectivity index (χ4v) is 3.11. The number of rotatable bonds is 4. The molecular weight excluding hydrogens is 318 g/mol. The highest BCUT2D eigenvalue weighted by Gasteiger charge is 2.35. The Kier molecular flexibility index (Phi) is 3.76. The minimum absolute atomic E-state index is 0.0913. The van der Waals surface area contributed by atoms with E-state index in [2.05, 4.69) is 5.32 Å². The van der Waals surface area contributed by atoms with Gasteiger partial charge in [0, 0.05) is 0 Å². The van der Waals surface area contributed by atoms with Crippen LogP contribution >= 0.6 is 0 Å². The number of benzene rings is 2. The molecule has 4 rings (SSSR count). The van der Waals surface area contributed by atoms with E-state index in [0.717, 1.165) is 12.0 Å². The van der Waals surface area contributed by atoms with Gasteiger partial charge in [-0.15, -0.1) is 0 Å². The maximum absolute atomic E-state index is 12.9. The van der Waals surface area contributed by atoms with Crippen LogP contribution in [-0.2, 0) is 0 Å². The quantitative estimate of drug-likeness (QED) is 0.793. The van der Waals surface area contributed by atoms with Crippen LogP contribution in [0.5, 0.6) is 5.75 Å². The number of amides is 1. The topological polar surface area (TPSA) is 68.5 Å². The average molecular weight is 335 g/mol. The third-order valence-electron chi connectivity index (χ3n) is 4.27. The van der Waals surface area contributed by atoms with Crippen LogP contribution < -0.4 is 15.5 Å². The summed E-state index contributed by atoms with van der Waals surface area (Å²) in [7, 11) is 0. The van der Waals surface area contributed by atoms with Crippen LogP contribution in [0, 0.1) is 0 Å². The van der Waals surface area contributed by atoms with Crippen molar-refractivity contribution < 1.29 is 13.9 Å². The molecule has 25 heavy (non-hydrogen) atoms. The third kappa shape index (κ3) is 2.58. The zero-order valence-corrected chi connectivity index (χ0v) is 13.7. The molecule has 3 aromatic rings. The number of ether oxygens (including phenoxy) is 1. The van der Waals surface area contributed by atoms with Gasteiger partial charge in [0.15, 0.2) is 5.43 Å². The Balaban J connectivity index is 1.84. The van der Waals surface area contributed by atoms with Gasteiger partial charge in [-0.3, -0.25) is 9.59 Å². The second-order valence-electron chi connectivity index (χ2n) is 6.00. The lowest BCUT2D eigenvalue weighted by atomic mass is 9.99. The standard InChI is InChI=1S/C20H17NO4/c1-2-10-24-13-7-5-6-12(11-13)17-16-18(22)14-8-3-4-9-15(14)25-19(16)20(23)21-17/h3-9,11,17H,2,10H2,1H3,(H,21,23). The molecule has 1 aliphatic heterocycles. The lowest BCUT2D eigenvalue weighted by Gasteiger charge is -2.13. The highest BCUT2D eigenvalue weighted by atomic mass is 16.5. The molecule has 1 aliphatic rings. The summed E-state index contributed by atoms with van der Waals surface area (Å²) < 4.78 is 11.4. The number of nitrogens with one attached hydrogen (secondary N) is 1. The number of hydrogen-bond donors (Lipinski definition) is 1. The van der Waals surface area contributed by atoms with Gasteiger partial charge in [0.2, 0.25) is 5.76 Å². The van der Waals surface area contributed by atoms with E-state index in [1.807, 2.05) is 31.2 Å². The van der Waals surface area contributed by atoms with E-state index in [4.69, 9.17) is 9.15 Å². The zero-order chi connectivity index (χ0) is 17.4. The summed E-state index contributed by atoms with van der Waals surface area (Å²) in [4.78, 5) is 25.3. The summed E-state index contributed by atoms with van der Waals surface area (Å²) in [6.45, 7) is 2.65. The van der Waals surface area contributed by atoms with Gasteiger partial charge in [0.25, 0.3) is 5.91 Å². The van der Waals surface area contributed by atoms with Crippen molar-refractivity contribution in [3.05, 3.63) is 75.6 Å². The van der Waals surface area contributed by atoms with Crippen molar-refractivity contribution in [3.8, 4) is 5.75 Å². The van der Waals surface area contributed by atoms with Crippen LogP contribution in [0.1, 0.15) is 41.1 Å². The number of hydrogen-bond acceptors (Lipinski definition) is 4. The van der Waals surface area contributed by atoms with Crippen molar-refractivity contribution in [2.75, 3.05) is 6.61 Å². The Hall–Kier alpha value is -3.08. The lowest BCUT2D eigenvalue weighted by molar-refractivity contribution is 0.0938. The summed E-state index contributed by atoms with van der Waals surface area (Å²) in [5.41, 5.74) is 1.39. The maximum atomic E-state index is 12.9. The molecule has 0 aliphatic carbocycles. The second kappa shape index (κ2) is 6.09. The second-order valence-corrected chi connectivity index (χ2v) is 6.00. The fraction of sp³-hybridized carbons (Fsp3) is 0.200. The van der Waals surface area contributed by atoms with Crippen molar-refractivity contribution >= 4 is 16.9 Å². The zero-order valence-electron chi connectivity index (χ0n) is 13.7. The summed E-state index contributed by atoms with van der Waals surface area (Å²) in [5.74, 6) is 0.434. The summed E-state index contributed by atoms with van der Waals surface area (Å²) >= 11 is 0. The van der Waals surface area contributed by atoms with E-state index >= 15 is 0 Å². The lowest BCUT2D eigenvalue weighted by Crippen LogP contribution is -2.22. The Bertz CT molecular complexity index is 1020. The fourth-order valence-electron chi connectivity index (χ4n) is 3.11. The van der Waals surface area contributed by atoms with Crippen molar-refractivity contribution in [1.82, 2.24) is 5.32 Å². The molecule has 1 amide bonds. The monoisotopic (exact) mass is 335 g/mol. The molecule has 0 radical (unpaired) electrons. The van der Waals surface area contributed by atoms with Gasteiger partial charge in [-0.25, -0.2) is 0 Å². The Morgan fingerprint density at radius 2 is 1.96 bits per heavy atom. The summed E-state index contributed by atoms with van der Waals surface area (Å²) in [6.07, 6.45) is 0.906. The molecule has 1 aromatic heterocycles. The maximum Gasteiger partial charge on any atom is 0.288 e. The molecule has 0 saturated heterocycles. The number of fused-ring (bicyclic) bond motifs is 2. The number of carbonyl (C=O) groups excluding carboxylic acids is 1. The Morgan fingerprint density at radius 3 is 2.80 bits per heavy atom. The predicted molar refractivity (Wildman–Crippen MR) is 94.0 cm³/mol. The van der Waals surface area contributed by atoms with Crippen LogP contribution in [0.2, 0.25) is 0 Å². The van der Waals surface area contributed by atoms with E-state index in [1.54, 1.807) is 24.3 Å². The molecule has 1 unspecified atom stereocenters.